The third-order valence-electron chi connectivity index (χ3n) is 1.48. The quantitative estimate of drug-likeness (QED) is 0.666. The number of thioether (sulfide) groups is 1. The molecule has 1 aliphatic heterocycles. The predicted molar refractivity (Wildman–Crippen MR) is 44.2 cm³/mol. The van der Waals surface area contributed by atoms with Crippen LogP contribution in [-0.2, 0) is 0 Å². The maximum Gasteiger partial charge on any atom is 0.279 e. The van der Waals surface area contributed by atoms with E-state index in [4.69, 9.17) is 0 Å². The topological polar surface area (TPSA) is 29.1 Å². The van der Waals surface area contributed by atoms with E-state index in [0.29, 0.717) is 11.2 Å². The van der Waals surface area contributed by atoms with Crippen molar-refractivity contribution in [2.45, 2.75) is 25.5 Å². The van der Waals surface area contributed by atoms with Crippen LogP contribution in [0.5, 0.6) is 0 Å². The Bertz CT molecular complexity index is 136. The molecular weight excluding hydrogens is 146 g/mol. The zero-order valence-electron chi connectivity index (χ0n) is 6.39. The molecule has 10 heavy (non-hydrogen) atoms. The Balaban J connectivity index is 2.24. The molecule has 0 aliphatic carbocycles. The molecule has 0 bridgehead atoms. The summed E-state index contributed by atoms with van der Waals surface area (Å²) in [6.45, 7) is 5.23. The molecule has 3 heteroatoms. The third-order valence-corrected chi connectivity index (χ3v) is 2.53. The van der Waals surface area contributed by atoms with Crippen LogP contribution in [0.15, 0.2) is 0 Å². The molecule has 0 radical (unpaired) electrons. The van der Waals surface area contributed by atoms with Crippen molar-refractivity contribution in [1.29, 1.82) is 0 Å². The molecular formula is C7H13NOS. The number of carbonyl (C=O) groups excluding carboxylic acids is 1. The Morgan fingerprint density at radius 3 is 2.90 bits per heavy atom. The first-order valence-electron chi connectivity index (χ1n) is 3.63. The molecule has 1 atom stereocenters. The molecule has 0 unspecified atom stereocenters. The summed E-state index contributed by atoms with van der Waals surface area (Å²) < 4.78 is 0. The molecule has 0 aromatic carbocycles. The summed E-state index contributed by atoms with van der Waals surface area (Å²) in [4.78, 5) is 10.7. The van der Waals surface area contributed by atoms with Crippen molar-refractivity contribution in [3.63, 3.8) is 0 Å². The summed E-state index contributed by atoms with van der Waals surface area (Å²) in [6.07, 6.45) is 1.14. The van der Waals surface area contributed by atoms with E-state index >= 15 is 0 Å². The summed E-state index contributed by atoms with van der Waals surface area (Å²) in [5, 5.41) is 3.46. The van der Waals surface area contributed by atoms with Gasteiger partial charge in [-0.25, -0.2) is 0 Å². The van der Waals surface area contributed by atoms with Crippen LogP contribution in [0.4, 0.5) is 4.79 Å². The second-order valence-electron chi connectivity index (χ2n) is 3.04. The van der Waals surface area contributed by atoms with Gasteiger partial charge in [0.15, 0.2) is 0 Å². The highest BCUT2D eigenvalue weighted by atomic mass is 32.2. The second kappa shape index (κ2) is 3.28. The van der Waals surface area contributed by atoms with Gasteiger partial charge in [0.2, 0.25) is 0 Å². The van der Waals surface area contributed by atoms with Crippen LogP contribution in [0.2, 0.25) is 0 Å². The van der Waals surface area contributed by atoms with E-state index in [0.717, 1.165) is 13.0 Å². The molecule has 1 heterocycles. The standard InChI is InChI=1S/C7H13NOS/c1-5(2)3-6-4-8-7(9)10-6/h5-6H,3-4H2,1-2H3,(H,8,9)/t6-/m0/s1. The van der Waals surface area contributed by atoms with Crippen molar-refractivity contribution in [3.05, 3.63) is 0 Å². The first kappa shape index (κ1) is 7.92. The van der Waals surface area contributed by atoms with E-state index in [-0.39, 0.29) is 5.24 Å². The van der Waals surface area contributed by atoms with E-state index in [1.807, 2.05) is 0 Å². The van der Waals surface area contributed by atoms with Crippen molar-refractivity contribution in [1.82, 2.24) is 5.32 Å². The van der Waals surface area contributed by atoms with Crippen molar-refractivity contribution in [3.8, 4) is 0 Å². The monoisotopic (exact) mass is 159 g/mol. The molecule has 1 fully saturated rings. The first-order valence-corrected chi connectivity index (χ1v) is 4.51. The maximum absolute atomic E-state index is 10.7. The van der Waals surface area contributed by atoms with E-state index in [2.05, 4.69) is 19.2 Å². The minimum Gasteiger partial charge on any atom is -0.346 e. The first-order chi connectivity index (χ1) is 4.68. The van der Waals surface area contributed by atoms with Crippen molar-refractivity contribution >= 4 is 17.0 Å². The molecule has 1 rings (SSSR count). The minimum absolute atomic E-state index is 0.144. The molecule has 0 saturated carbocycles. The van der Waals surface area contributed by atoms with E-state index < -0.39 is 0 Å². The average molecular weight is 159 g/mol. The lowest BCUT2D eigenvalue weighted by molar-refractivity contribution is 0.262. The Labute approximate surface area is 65.8 Å². The van der Waals surface area contributed by atoms with Crippen LogP contribution in [-0.4, -0.2) is 17.0 Å². The van der Waals surface area contributed by atoms with Crippen molar-refractivity contribution in [2.75, 3.05) is 6.54 Å². The Hall–Kier alpha value is -0.180. The van der Waals surface area contributed by atoms with Gasteiger partial charge in [0.25, 0.3) is 5.24 Å². The molecule has 58 valence electrons. The third kappa shape index (κ3) is 2.21. The summed E-state index contributed by atoms with van der Waals surface area (Å²) >= 11 is 1.44. The van der Waals surface area contributed by atoms with Crippen molar-refractivity contribution in [2.24, 2.45) is 5.92 Å². The lowest BCUT2D eigenvalue weighted by Gasteiger charge is -2.07. The van der Waals surface area contributed by atoms with E-state index in [1.165, 1.54) is 11.8 Å². The molecule has 1 N–H and O–H groups in total. The van der Waals surface area contributed by atoms with Crippen LogP contribution in [0.3, 0.4) is 0 Å². The fourth-order valence-corrected chi connectivity index (χ4v) is 2.21. The highest BCUT2D eigenvalue weighted by Crippen LogP contribution is 2.23. The number of carbonyl (C=O) groups is 1. The van der Waals surface area contributed by atoms with Gasteiger partial charge in [-0.2, -0.15) is 0 Å². The van der Waals surface area contributed by atoms with Crippen LogP contribution < -0.4 is 5.32 Å². The van der Waals surface area contributed by atoms with Gasteiger partial charge < -0.3 is 5.32 Å². The number of hydrogen-bond acceptors (Lipinski definition) is 2. The van der Waals surface area contributed by atoms with Crippen LogP contribution >= 0.6 is 11.8 Å². The lowest BCUT2D eigenvalue weighted by atomic mass is 10.1. The van der Waals surface area contributed by atoms with Crippen LogP contribution in [0.25, 0.3) is 0 Å². The molecule has 1 aliphatic rings. The van der Waals surface area contributed by atoms with Gasteiger partial charge in [0.05, 0.1) is 0 Å². The Morgan fingerprint density at radius 1 is 1.80 bits per heavy atom. The van der Waals surface area contributed by atoms with Gasteiger partial charge in [-0.05, 0) is 12.3 Å². The Morgan fingerprint density at radius 2 is 2.50 bits per heavy atom. The van der Waals surface area contributed by atoms with Gasteiger partial charge >= 0.3 is 0 Å². The minimum atomic E-state index is 0.144. The highest BCUT2D eigenvalue weighted by molar-refractivity contribution is 8.14. The van der Waals surface area contributed by atoms with Gasteiger partial charge in [-0.15, -0.1) is 0 Å². The molecule has 0 aromatic rings. The largest absolute Gasteiger partial charge is 0.346 e. The molecule has 0 aromatic heterocycles. The highest BCUT2D eigenvalue weighted by Gasteiger charge is 2.22. The SMILES string of the molecule is CC(C)C[C@H]1CNC(=O)S1. The second-order valence-corrected chi connectivity index (χ2v) is 4.31. The molecule has 1 amide bonds. The number of nitrogens with one attached hydrogen (secondary N) is 1. The summed E-state index contributed by atoms with van der Waals surface area (Å²) in [5.41, 5.74) is 0. The van der Waals surface area contributed by atoms with Gasteiger partial charge in [-0.1, -0.05) is 25.6 Å². The van der Waals surface area contributed by atoms with Crippen LogP contribution in [0.1, 0.15) is 20.3 Å². The Kier molecular flexibility index (Phi) is 2.60. The fourth-order valence-electron chi connectivity index (χ4n) is 1.09. The van der Waals surface area contributed by atoms with Crippen LogP contribution in [0, 0.1) is 5.92 Å². The zero-order valence-corrected chi connectivity index (χ0v) is 7.20. The molecule has 0 spiro atoms. The number of amides is 1. The van der Waals surface area contributed by atoms with Crippen molar-refractivity contribution < 1.29 is 4.79 Å². The van der Waals surface area contributed by atoms with Gasteiger partial charge in [-0.3, -0.25) is 4.79 Å². The van der Waals surface area contributed by atoms with E-state index in [9.17, 15) is 4.79 Å². The summed E-state index contributed by atoms with van der Waals surface area (Å²) in [6, 6.07) is 0. The van der Waals surface area contributed by atoms with Gasteiger partial charge in [0, 0.05) is 11.8 Å². The molecule has 1 saturated heterocycles. The van der Waals surface area contributed by atoms with Gasteiger partial charge in [0.1, 0.15) is 0 Å². The fraction of sp³-hybridized carbons (Fsp3) is 0.857. The average Bonchev–Trinajstić information content (AvgIpc) is 2.13. The lowest BCUT2D eigenvalue weighted by Crippen LogP contribution is -2.15. The normalized spacial score (nSPS) is 25.5. The van der Waals surface area contributed by atoms with E-state index in [1.54, 1.807) is 0 Å². The smallest absolute Gasteiger partial charge is 0.279 e. The summed E-state index contributed by atoms with van der Waals surface area (Å²) in [7, 11) is 0. The summed E-state index contributed by atoms with van der Waals surface area (Å²) in [5.74, 6) is 0.699. The molecule has 2 nitrogen and oxygen atoms in total. The number of rotatable bonds is 2. The maximum atomic E-state index is 10.7. The zero-order chi connectivity index (χ0) is 7.56. The predicted octanol–water partition coefficient (Wildman–Crippen LogP) is 1.86. The number of hydrogen-bond donors (Lipinski definition) is 1.